The maximum Gasteiger partial charge on any atom is 0.179 e. The number of aromatic nitrogens is 2. The highest BCUT2D eigenvalue weighted by atomic mass is 32.2. The van der Waals surface area contributed by atoms with Gasteiger partial charge in [-0.2, -0.15) is 0 Å². The van der Waals surface area contributed by atoms with Crippen molar-refractivity contribution in [1.29, 1.82) is 0 Å². The van der Waals surface area contributed by atoms with E-state index in [2.05, 4.69) is 15.5 Å². The molecule has 1 unspecified atom stereocenters. The van der Waals surface area contributed by atoms with E-state index in [1.165, 1.54) is 29.2 Å². The minimum absolute atomic E-state index is 0.0890. The first kappa shape index (κ1) is 14.8. The summed E-state index contributed by atoms with van der Waals surface area (Å²) in [4.78, 5) is 0.619. The van der Waals surface area contributed by atoms with Gasteiger partial charge in [-0.25, -0.2) is 4.39 Å². The van der Waals surface area contributed by atoms with Crippen molar-refractivity contribution in [3.63, 3.8) is 0 Å². The highest BCUT2D eigenvalue weighted by Gasteiger charge is 2.16. The van der Waals surface area contributed by atoms with E-state index in [4.69, 9.17) is 0 Å². The number of rotatable bonds is 5. The summed E-state index contributed by atoms with van der Waals surface area (Å²) < 4.78 is 15.7. The van der Waals surface area contributed by atoms with Crippen LogP contribution in [-0.4, -0.2) is 23.5 Å². The van der Waals surface area contributed by atoms with E-state index < -0.39 is 0 Å². The molecule has 0 fully saturated rings. The van der Waals surface area contributed by atoms with E-state index >= 15 is 0 Å². The molecule has 2 aromatic rings. The highest BCUT2D eigenvalue weighted by molar-refractivity contribution is 8.03. The molecule has 1 heterocycles. The van der Waals surface area contributed by atoms with Crippen LogP contribution >= 0.6 is 34.9 Å². The van der Waals surface area contributed by atoms with Crippen molar-refractivity contribution in [3.8, 4) is 0 Å². The van der Waals surface area contributed by atoms with Gasteiger partial charge >= 0.3 is 0 Å². The third kappa shape index (κ3) is 3.47. The van der Waals surface area contributed by atoms with Crippen molar-refractivity contribution in [1.82, 2.24) is 15.5 Å². The molecule has 0 saturated heterocycles. The molecule has 0 radical (unpaired) electrons. The van der Waals surface area contributed by atoms with Gasteiger partial charge in [0.25, 0.3) is 0 Å². The van der Waals surface area contributed by atoms with Crippen molar-refractivity contribution in [2.45, 2.75) is 26.5 Å². The maximum absolute atomic E-state index is 14.0. The van der Waals surface area contributed by atoms with Crippen LogP contribution in [0.1, 0.15) is 18.5 Å². The van der Waals surface area contributed by atoms with Gasteiger partial charge in [-0.1, -0.05) is 47.0 Å². The third-order valence-corrected chi connectivity index (χ3v) is 5.73. The second-order valence-corrected chi connectivity index (χ2v) is 7.10. The Balaban J connectivity index is 2.32. The zero-order valence-corrected chi connectivity index (χ0v) is 13.3. The van der Waals surface area contributed by atoms with E-state index in [1.54, 1.807) is 17.8 Å². The first-order valence-corrected chi connectivity index (χ1v) is 8.52. The Labute approximate surface area is 124 Å². The smallest absolute Gasteiger partial charge is 0.179 e. The summed E-state index contributed by atoms with van der Waals surface area (Å²) in [6.45, 7) is 2.01. The summed E-state index contributed by atoms with van der Waals surface area (Å²) in [5, 5.41) is 11.2. The van der Waals surface area contributed by atoms with Crippen LogP contribution in [0.4, 0.5) is 4.39 Å². The minimum Gasteiger partial charge on any atom is -0.313 e. The molecule has 1 aromatic heterocycles. The number of nitrogens with zero attached hydrogens (tertiary/aromatic N) is 2. The van der Waals surface area contributed by atoms with Gasteiger partial charge in [0.05, 0.1) is 4.90 Å². The van der Waals surface area contributed by atoms with Crippen LogP contribution < -0.4 is 5.32 Å². The van der Waals surface area contributed by atoms with E-state index in [9.17, 15) is 4.39 Å². The zero-order valence-electron chi connectivity index (χ0n) is 10.8. The van der Waals surface area contributed by atoms with Crippen molar-refractivity contribution >= 4 is 34.9 Å². The summed E-state index contributed by atoms with van der Waals surface area (Å²) in [5.74, 6) is -0.217. The zero-order chi connectivity index (χ0) is 13.8. The van der Waals surface area contributed by atoms with Crippen LogP contribution in [0.3, 0.4) is 0 Å². The normalized spacial score (nSPS) is 12.6. The lowest BCUT2D eigenvalue weighted by molar-refractivity contribution is 0.576. The van der Waals surface area contributed by atoms with E-state index in [0.29, 0.717) is 4.90 Å². The molecular formula is C12H14FN3S3. The Bertz CT molecular complexity index is 559. The van der Waals surface area contributed by atoms with Crippen LogP contribution in [0.5, 0.6) is 0 Å². The summed E-state index contributed by atoms with van der Waals surface area (Å²) in [6, 6.07) is 5.23. The van der Waals surface area contributed by atoms with Gasteiger partial charge in [0.1, 0.15) is 5.82 Å². The van der Waals surface area contributed by atoms with Crippen LogP contribution in [0, 0.1) is 5.82 Å². The molecule has 1 N–H and O–H groups in total. The fraction of sp³-hybridized carbons (Fsp3) is 0.333. The average molecular weight is 315 g/mol. The molecule has 7 heteroatoms. The van der Waals surface area contributed by atoms with Crippen LogP contribution in [0.2, 0.25) is 0 Å². The second kappa shape index (κ2) is 6.69. The van der Waals surface area contributed by atoms with Crippen molar-refractivity contribution in [2.75, 3.05) is 13.3 Å². The number of benzene rings is 1. The van der Waals surface area contributed by atoms with Crippen LogP contribution in [0.25, 0.3) is 0 Å². The van der Waals surface area contributed by atoms with Crippen molar-refractivity contribution < 1.29 is 4.39 Å². The Morgan fingerprint density at radius 3 is 2.68 bits per heavy atom. The molecule has 0 amide bonds. The predicted octanol–water partition coefficient (Wildman–Crippen LogP) is 3.83. The first-order chi connectivity index (χ1) is 9.15. The van der Waals surface area contributed by atoms with Crippen LogP contribution in [-0.2, 0) is 0 Å². The number of halogens is 1. The van der Waals surface area contributed by atoms with Gasteiger partial charge in [-0.15, -0.1) is 10.2 Å². The molecule has 19 heavy (non-hydrogen) atoms. The highest BCUT2D eigenvalue weighted by Crippen LogP contribution is 2.37. The molecular weight excluding hydrogens is 301 g/mol. The van der Waals surface area contributed by atoms with Gasteiger partial charge in [-0.05, 0) is 31.9 Å². The molecule has 0 saturated carbocycles. The summed E-state index contributed by atoms with van der Waals surface area (Å²) in [7, 11) is 1.86. The largest absolute Gasteiger partial charge is 0.313 e. The number of hydrogen-bond acceptors (Lipinski definition) is 6. The molecule has 0 aliphatic rings. The lowest BCUT2D eigenvalue weighted by atomic mass is 10.1. The standard InChI is InChI=1S/C12H14FN3S3/c1-7(14-2)8-5-4-6-9(13)10(8)18-12-16-15-11(17-3)19-12/h4-7,14H,1-3H3. The summed E-state index contributed by atoms with van der Waals surface area (Å²) >= 11 is 4.36. The van der Waals surface area contributed by atoms with E-state index in [-0.39, 0.29) is 11.9 Å². The third-order valence-electron chi connectivity index (χ3n) is 2.65. The molecule has 3 nitrogen and oxygen atoms in total. The number of thioether (sulfide) groups is 1. The van der Waals surface area contributed by atoms with Gasteiger partial charge in [0, 0.05) is 6.04 Å². The van der Waals surface area contributed by atoms with Gasteiger partial charge < -0.3 is 5.32 Å². The monoisotopic (exact) mass is 315 g/mol. The lowest BCUT2D eigenvalue weighted by Crippen LogP contribution is -2.13. The first-order valence-electron chi connectivity index (χ1n) is 5.66. The quantitative estimate of drug-likeness (QED) is 0.849. The second-order valence-electron chi connectivity index (χ2n) is 3.81. The average Bonchev–Trinajstić information content (AvgIpc) is 2.88. The number of hydrogen-bond donors (Lipinski definition) is 1. The van der Waals surface area contributed by atoms with Gasteiger partial charge in [0.2, 0.25) is 0 Å². The molecule has 0 spiro atoms. The van der Waals surface area contributed by atoms with E-state index in [1.807, 2.05) is 26.3 Å². The maximum atomic E-state index is 14.0. The van der Waals surface area contributed by atoms with Gasteiger partial charge in [-0.3, -0.25) is 0 Å². The Hall–Kier alpha value is -0.630. The number of nitrogens with one attached hydrogen (secondary N) is 1. The molecule has 0 aliphatic carbocycles. The topological polar surface area (TPSA) is 37.8 Å². The minimum atomic E-state index is -0.217. The molecule has 0 aliphatic heterocycles. The summed E-state index contributed by atoms with van der Waals surface area (Å²) in [6.07, 6.45) is 1.95. The van der Waals surface area contributed by atoms with Crippen molar-refractivity contribution in [2.24, 2.45) is 0 Å². The van der Waals surface area contributed by atoms with Crippen LogP contribution in [0.15, 0.2) is 31.8 Å². The Kier molecular flexibility index (Phi) is 5.20. The summed E-state index contributed by atoms with van der Waals surface area (Å²) in [5.41, 5.74) is 0.938. The lowest BCUT2D eigenvalue weighted by Gasteiger charge is -2.15. The Morgan fingerprint density at radius 2 is 2.05 bits per heavy atom. The molecule has 0 bridgehead atoms. The van der Waals surface area contributed by atoms with Crippen molar-refractivity contribution in [3.05, 3.63) is 29.6 Å². The molecule has 1 aromatic carbocycles. The fourth-order valence-electron chi connectivity index (χ4n) is 1.54. The van der Waals surface area contributed by atoms with E-state index in [0.717, 1.165) is 14.2 Å². The fourth-order valence-corrected chi connectivity index (χ4v) is 4.14. The Morgan fingerprint density at radius 1 is 1.32 bits per heavy atom. The molecule has 2 rings (SSSR count). The molecule has 1 atom stereocenters. The molecule has 102 valence electrons. The SMILES string of the molecule is CNC(C)c1cccc(F)c1Sc1nnc(SC)s1. The predicted molar refractivity (Wildman–Crippen MR) is 79.7 cm³/mol. The van der Waals surface area contributed by atoms with Gasteiger partial charge in [0.15, 0.2) is 8.68 Å².